The Morgan fingerprint density at radius 1 is 1.42 bits per heavy atom. The topological polar surface area (TPSA) is 60.8 Å². The third kappa shape index (κ3) is 1.74. The maximum absolute atomic E-state index is 12.6. The van der Waals surface area contributed by atoms with Crippen LogP contribution in [0.1, 0.15) is 23.8 Å². The minimum absolute atomic E-state index is 0.111. The lowest BCUT2D eigenvalue weighted by Gasteiger charge is -2.44. The monoisotopic (exact) mass is 264 g/mol. The van der Waals surface area contributed by atoms with Gasteiger partial charge in [-0.15, -0.1) is 0 Å². The van der Waals surface area contributed by atoms with Crippen LogP contribution < -0.4 is 10.2 Å². The van der Waals surface area contributed by atoms with E-state index in [0.29, 0.717) is 18.8 Å². The highest BCUT2D eigenvalue weighted by Gasteiger charge is 2.40. The fourth-order valence-corrected chi connectivity index (χ4v) is 2.76. The van der Waals surface area contributed by atoms with Crippen molar-refractivity contribution in [1.29, 1.82) is 0 Å². The minimum atomic E-state index is -0.272. The van der Waals surface area contributed by atoms with Gasteiger partial charge in [0.2, 0.25) is 5.43 Å². The first-order valence-electron chi connectivity index (χ1n) is 6.35. The number of pyridine rings is 1. The van der Waals surface area contributed by atoms with Crippen LogP contribution in [0.3, 0.4) is 0 Å². The number of carbonyl (C=O) groups is 1. The van der Waals surface area contributed by atoms with Gasteiger partial charge < -0.3 is 18.9 Å². The van der Waals surface area contributed by atoms with Gasteiger partial charge in [0.1, 0.15) is 0 Å². The first-order chi connectivity index (χ1) is 9.13. The lowest BCUT2D eigenvalue weighted by atomic mass is 10.1. The van der Waals surface area contributed by atoms with Crippen LogP contribution >= 0.6 is 0 Å². The van der Waals surface area contributed by atoms with Crippen molar-refractivity contribution >= 4 is 5.91 Å². The lowest BCUT2D eigenvalue weighted by molar-refractivity contribution is -0.112. The number of hydrogen-bond acceptors (Lipinski definition) is 4. The zero-order chi connectivity index (χ0) is 13.6. The number of amides is 1. The molecule has 2 aliphatic heterocycles. The molecule has 0 aliphatic carbocycles. The average Bonchev–Trinajstić information content (AvgIpc) is 2.39. The largest absolute Gasteiger partial charge is 0.491 e. The van der Waals surface area contributed by atoms with E-state index < -0.39 is 0 Å². The summed E-state index contributed by atoms with van der Waals surface area (Å²) in [5, 5.41) is 0. The van der Waals surface area contributed by atoms with Crippen molar-refractivity contribution in [2.45, 2.75) is 32.2 Å². The number of aromatic nitrogens is 1. The van der Waals surface area contributed by atoms with Crippen LogP contribution in [0.2, 0.25) is 0 Å². The van der Waals surface area contributed by atoms with E-state index >= 15 is 0 Å². The molecule has 0 radical (unpaired) electrons. The van der Waals surface area contributed by atoms with Crippen molar-refractivity contribution < 1.29 is 14.3 Å². The number of fused-ring (bicyclic) bond motifs is 2. The van der Waals surface area contributed by atoms with Gasteiger partial charge in [0, 0.05) is 18.3 Å². The van der Waals surface area contributed by atoms with Crippen molar-refractivity contribution in [2.24, 2.45) is 0 Å². The van der Waals surface area contributed by atoms with Gasteiger partial charge in [-0.3, -0.25) is 9.59 Å². The predicted octanol–water partition coefficient (Wildman–Crippen LogP) is 0.448. The second kappa shape index (κ2) is 4.38. The van der Waals surface area contributed by atoms with Crippen molar-refractivity contribution in [3.63, 3.8) is 0 Å². The summed E-state index contributed by atoms with van der Waals surface area (Å²) < 4.78 is 12.5. The Balaban J connectivity index is 2.14. The van der Waals surface area contributed by atoms with E-state index in [4.69, 9.17) is 9.47 Å². The number of carbonyl (C=O) groups excluding carboxylic acids is 1. The maximum Gasteiger partial charge on any atom is 0.276 e. The second-order valence-electron chi connectivity index (χ2n) is 4.89. The highest BCUT2D eigenvalue weighted by molar-refractivity contribution is 5.96. The Morgan fingerprint density at radius 2 is 2.21 bits per heavy atom. The molecule has 6 heteroatoms. The van der Waals surface area contributed by atoms with Crippen LogP contribution in [0.15, 0.2) is 17.1 Å². The zero-order valence-corrected chi connectivity index (χ0v) is 11.0. The molecular weight excluding hydrogens is 248 g/mol. The van der Waals surface area contributed by atoms with E-state index in [2.05, 4.69) is 0 Å². The highest BCUT2D eigenvalue weighted by Crippen LogP contribution is 2.28. The van der Waals surface area contributed by atoms with Crippen LogP contribution in [-0.4, -0.2) is 41.4 Å². The van der Waals surface area contributed by atoms with Crippen LogP contribution in [0.5, 0.6) is 5.75 Å². The summed E-state index contributed by atoms with van der Waals surface area (Å²) >= 11 is 0. The SMILES string of the molecule is COc1c2n(ccc1=O)C[C@@H]1OCC[C@@H](C)N1C2=O. The van der Waals surface area contributed by atoms with Gasteiger partial charge in [-0.1, -0.05) is 0 Å². The quantitative estimate of drug-likeness (QED) is 0.739. The molecule has 2 atom stereocenters. The van der Waals surface area contributed by atoms with E-state index in [9.17, 15) is 9.59 Å². The predicted molar refractivity (Wildman–Crippen MR) is 67.2 cm³/mol. The standard InChI is InChI=1S/C13H16N2O4/c1-8-4-6-19-10-7-14-5-3-9(16)12(18-2)11(14)13(17)15(8)10/h3,5,8,10H,4,6-7H2,1-2H3/t8-,10+/m1/s1. The molecule has 3 heterocycles. The van der Waals surface area contributed by atoms with Gasteiger partial charge >= 0.3 is 0 Å². The number of rotatable bonds is 1. The Labute approximate surface area is 110 Å². The van der Waals surface area contributed by atoms with Gasteiger partial charge in [-0.05, 0) is 13.3 Å². The van der Waals surface area contributed by atoms with Crippen molar-refractivity contribution in [3.8, 4) is 5.75 Å². The molecule has 1 aromatic heterocycles. The third-order valence-electron chi connectivity index (χ3n) is 3.76. The minimum Gasteiger partial charge on any atom is -0.491 e. The van der Waals surface area contributed by atoms with Crippen LogP contribution in [0, 0.1) is 0 Å². The maximum atomic E-state index is 12.6. The van der Waals surface area contributed by atoms with E-state index in [0.717, 1.165) is 6.42 Å². The van der Waals surface area contributed by atoms with Gasteiger partial charge in [-0.25, -0.2) is 0 Å². The summed E-state index contributed by atoms with van der Waals surface area (Å²) in [4.78, 5) is 26.1. The van der Waals surface area contributed by atoms with Gasteiger partial charge in [-0.2, -0.15) is 0 Å². The summed E-state index contributed by atoms with van der Waals surface area (Å²) in [6.45, 7) is 3.18. The Hall–Kier alpha value is -1.82. The van der Waals surface area contributed by atoms with Gasteiger partial charge in [0.15, 0.2) is 17.7 Å². The molecule has 1 amide bonds. The lowest BCUT2D eigenvalue weighted by Crippen LogP contribution is -2.56. The van der Waals surface area contributed by atoms with Gasteiger partial charge in [0.05, 0.1) is 20.3 Å². The molecule has 6 nitrogen and oxygen atoms in total. The smallest absolute Gasteiger partial charge is 0.276 e. The number of nitrogens with zero attached hydrogens (tertiary/aromatic N) is 2. The Kier molecular flexibility index (Phi) is 2.82. The molecule has 0 aromatic carbocycles. The Bertz CT molecular complexity index is 580. The van der Waals surface area contributed by atoms with E-state index in [1.807, 2.05) is 6.92 Å². The molecule has 3 rings (SSSR count). The fourth-order valence-electron chi connectivity index (χ4n) is 2.76. The molecule has 1 saturated heterocycles. The Morgan fingerprint density at radius 3 is 2.95 bits per heavy atom. The number of methoxy groups -OCH3 is 1. The molecular formula is C13H16N2O4. The number of ether oxygens (including phenoxy) is 2. The average molecular weight is 264 g/mol. The summed E-state index contributed by atoms with van der Waals surface area (Å²) in [7, 11) is 1.41. The summed E-state index contributed by atoms with van der Waals surface area (Å²) in [5.41, 5.74) is 0.0507. The van der Waals surface area contributed by atoms with E-state index in [1.54, 1.807) is 15.7 Å². The van der Waals surface area contributed by atoms with E-state index in [1.165, 1.54) is 13.2 Å². The summed E-state index contributed by atoms with van der Waals surface area (Å²) in [5.74, 6) is -0.0817. The molecule has 0 spiro atoms. The van der Waals surface area contributed by atoms with Crippen LogP contribution in [0.25, 0.3) is 0 Å². The number of hydrogen-bond donors (Lipinski definition) is 0. The van der Waals surface area contributed by atoms with Crippen molar-refractivity contribution in [3.05, 3.63) is 28.2 Å². The molecule has 1 fully saturated rings. The first kappa shape index (κ1) is 12.2. The zero-order valence-electron chi connectivity index (χ0n) is 11.0. The molecule has 1 aromatic rings. The molecule has 0 bridgehead atoms. The molecule has 0 saturated carbocycles. The third-order valence-corrected chi connectivity index (χ3v) is 3.76. The first-order valence-corrected chi connectivity index (χ1v) is 6.35. The normalized spacial score (nSPS) is 25.8. The molecule has 0 N–H and O–H groups in total. The van der Waals surface area contributed by atoms with Crippen LogP contribution in [-0.2, 0) is 11.3 Å². The molecule has 2 aliphatic rings. The fraction of sp³-hybridized carbons (Fsp3) is 0.538. The molecule has 19 heavy (non-hydrogen) atoms. The van der Waals surface area contributed by atoms with E-state index in [-0.39, 0.29) is 29.4 Å². The van der Waals surface area contributed by atoms with Gasteiger partial charge in [0.25, 0.3) is 5.91 Å². The summed E-state index contributed by atoms with van der Waals surface area (Å²) in [6.07, 6.45) is 2.18. The molecule has 102 valence electrons. The van der Waals surface area contributed by atoms with Crippen LogP contribution in [0.4, 0.5) is 0 Å². The van der Waals surface area contributed by atoms with Crippen molar-refractivity contribution in [2.75, 3.05) is 13.7 Å². The molecule has 0 unspecified atom stereocenters. The highest BCUT2D eigenvalue weighted by atomic mass is 16.5. The van der Waals surface area contributed by atoms with Crippen molar-refractivity contribution in [1.82, 2.24) is 9.47 Å². The second-order valence-corrected chi connectivity index (χ2v) is 4.89. The summed E-state index contributed by atoms with van der Waals surface area (Å²) in [6, 6.07) is 1.53.